The predicted octanol–water partition coefficient (Wildman–Crippen LogP) is 5.81. The van der Waals surface area contributed by atoms with Crippen LogP contribution in [-0.2, 0) is 11.2 Å². The van der Waals surface area contributed by atoms with Gasteiger partial charge >= 0.3 is 6.09 Å². The largest absolute Gasteiger partial charge is 0.494 e. The second-order valence-corrected chi connectivity index (χ2v) is 9.78. The third kappa shape index (κ3) is 15.6. The van der Waals surface area contributed by atoms with Gasteiger partial charge in [0.15, 0.2) is 0 Å². The summed E-state index contributed by atoms with van der Waals surface area (Å²) in [5.41, 5.74) is 2.13. The van der Waals surface area contributed by atoms with Gasteiger partial charge in [-0.1, -0.05) is 26.7 Å². The van der Waals surface area contributed by atoms with Gasteiger partial charge < -0.3 is 29.7 Å². The van der Waals surface area contributed by atoms with Crippen LogP contribution in [0.1, 0.15) is 78.7 Å². The number of rotatable bonds is 10. The molecule has 0 unspecified atom stereocenters. The van der Waals surface area contributed by atoms with Gasteiger partial charge in [0, 0.05) is 40.0 Å². The average molecular weight is 496 g/mol. The molecule has 1 heterocycles. The van der Waals surface area contributed by atoms with Gasteiger partial charge in [0.1, 0.15) is 11.4 Å². The van der Waals surface area contributed by atoms with Crippen molar-refractivity contribution in [3.05, 3.63) is 23.8 Å². The number of aliphatic hydroxyl groups excluding tert-OH is 1. The number of anilines is 1. The van der Waals surface area contributed by atoms with E-state index in [1.54, 1.807) is 11.9 Å². The molecule has 0 aromatic heterocycles. The predicted molar refractivity (Wildman–Crippen MR) is 148 cm³/mol. The quantitative estimate of drug-likeness (QED) is 0.399. The number of aliphatic hydroxyl groups is 1. The van der Waals surface area contributed by atoms with Crippen molar-refractivity contribution in [1.82, 2.24) is 9.80 Å². The molecule has 0 aliphatic carbocycles. The van der Waals surface area contributed by atoms with Crippen molar-refractivity contribution in [2.75, 3.05) is 59.3 Å². The lowest BCUT2D eigenvalue weighted by molar-refractivity contribution is 0.0297. The summed E-state index contributed by atoms with van der Waals surface area (Å²) >= 11 is 0. The number of benzene rings is 1. The van der Waals surface area contributed by atoms with Crippen LogP contribution >= 0.6 is 0 Å². The van der Waals surface area contributed by atoms with Gasteiger partial charge in [-0.2, -0.15) is 0 Å². The van der Waals surface area contributed by atoms with Crippen LogP contribution in [0.3, 0.4) is 0 Å². The molecular weight excluding hydrogens is 442 g/mol. The van der Waals surface area contributed by atoms with Gasteiger partial charge in [-0.15, -0.1) is 0 Å². The van der Waals surface area contributed by atoms with Crippen molar-refractivity contribution in [2.24, 2.45) is 0 Å². The number of hydrogen-bond donors (Lipinski definition) is 2. The van der Waals surface area contributed by atoms with Crippen LogP contribution in [0, 0.1) is 0 Å². The first-order valence-corrected chi connectivity index (χ1v) is 13.2. The third-order valence-corrected chi connectivity index (χ3v) is 5.62. The minimum Gasteiger partial charge on any atom is -0.494 e. The summed E-state index contributed by atoms with van der Waals surface area (Å²) in [5.74, 6) is 1.000. The molecule has 1 aromatic carbocycles. The Kier molecular flexibility index (Phi) is 18.1. The Labute approximate surface area is 215 Å². The molecule has 204 valence electrons. The maximum atomic E-state index is 11.4. The monoisotopic (exact) mass is 495 g/mol. The molecule has 1 fully saturated rings. The molecule has 0 saturated carbocycles. The summed E-state index contributed by atoms with van der Waals surface area (Å²) in [6.45, 7) is 15.2. The average Bonchev–Trinajstić information content (AvgIpc) is 2.86. The molecule has 2 N–H and O–H groups in total. The Morgan fingerprint density at radius 1 is 1.11 bits per heavy atom. The Hall–Kier alpha value is -1.99. The lowest BCUT2D eigenvalue weighted by Gasteiger charge is -2.26. The molecule has 35 heavy (non-hydrogen) atoms. The Morgan fingerprint density at radius 2 is 1.77 bits per heavy atom. The SMILES string of the molecule is CCCCN(C)C(=O)OC(C)(C)C.CCc1cc(OCCCN2CCCCC2)ccc1NC.CO. The fourth-order valence-corrected chi connectivity index (χ4v) is 3.68. The van der Waals surface area contributed by atoms with Crippen LogP contribution in [0.2, 0.25) is 0 Å². The number of hydrogen-bond acceptors (Lipinski definition) is 6. The van der Waals surface area contributed by atoms with Crippen molar-refractivity contribution in [1.29, 1.82) is 0 Å². The highest BCUT2D eigenvalue weighted by atomic mass is 16.6. The number of carbonyl (C=O) groups is 1. The molecule has 0 spiro atoms. The van der Waals surface area contributed by atoms with Crippen molar-refractivity contribution in [3.8, 4) is 5.75 Å². The van der Waals surface area contributed by atoms with E-state index in [4.69, 9.17) is 14.6 Å². The third-order valence-electron chi connectivity index (χ3n) is 5.62. The molecule has 0 bridgehead atoms. The highest BCUT2D eigenvalue weighted by molar-refractivity contribution is 5.67. The molecule has 1 amide bonds. The van der Waals surface area contributed by atoms with E-state index in [1.165, 1.54) is 50.1 Å². The number of carbonyl (C=O) groups excluding carboxylic acids is 1. The second-order valence-electron chi connectivity index (χ2n) is 9.78. The summed E-state index contributed by atoms with van der Waals surface area (Å²) < 4.78 is 11.1. The minimum absolute atomic E-state index is 0.235. The van der Waals surface area contributed by atoms with E-state index in [2.05, 4.69) is 42.3 Å². The number of ether oxygens (including phenoxy) is 2. The van der Waals surface area contributed by atoms with E-state index in [-0.39, 0.29) is 6.09 Å². The zero-order chi connectivity index (χ0) is 26.7. The van der Waals surface area contributed by atoms with E-state index in [0.29, 0.717) is 0 Å². The smallest absolute Gasteiger partial charge is 0.410 e. The number of amides is 1. The first-order chi connectivity index (χ1) is 16.7. The molecule has 1 saturated heterocycles. The molecule has 1 aliphatic rings. The van der Waals surface area contributed by atoms with Crippen molar-refractivity contribution < 1.29 is 19.4 Å². The van der Waals surface area contributed by atoms with Crippen LogP contribution in [0.4, 0.5) is 10.5 Å². The number of unbranched alkanes of at least 4 members (excludes halogenated alkanes) is 1. The van der Waals surface area contributed by atoms with Gasteiger partial charge in [0.05, 0.1) is 6.61 Å². The maximum Gasteiger partial charge on any atom is 0.410 e. The molecular formula is C28H53N3O4. The summed E-state index contributed by atoms with van der Waals surface area (Å²) in [7, 11) is 4.73. The first kappa shape index (κ1) is 33.0. The summed E-state index contributed by atoms with van der Waals surface area (Å²) in [4.78, 5) is 15.6. The number of nitrogens with one attached hydrogen (secondary N) is 1. The molecule has 1 aliphatic heterocycles. The lowest BCUT2D eigenvalue weighted by atomic mass is 10.1. The van der Waals surface area contributed by atoms with E-state index in [0.717, 1.165) is 51.7 Å². The fourth-order valence-electron chi connectivity index (χ4n) is 3.68. The van der Waals surface area contributed by atoms with Gasteiger partial charge in [-0.05, 0) is 89.7 Å². The first-order valence-electron chi connectivity index (χ1n) is 13.2. The zero-order valence-electron chi connectivity index (χ0n) is 23.8. The highest BCUT2D eigenvalue weighted by Gasteiger charge is 2.18. The molecule has 1 aromatic rings. The van der Waals surface area contributed by atoms with Gasteiger partial charge in [0.25, 0.3) is 0 Å². The molecule has 0 atom stereocenters. The molecule has 7 nitrogen and oxygen atoms in total. The lowest BCUT2D eigenvalue weighted by Crippen LogP contribution is -2.34. The number of likely N-dealkylation sites (tertiary alicyclic amines) is 1. The van der Waals surface area contributed by atoms with Gasteiger partial charge in [-0.3, -0.25) is 0 Å². The summed E-state index contributed by atoms with van der Waals surface area (Å²) in [6, 6.07) is 6.33. The molecule has 2 rings (SSSR count). The van der Waals surface area contributed by atoms with Gasteiger partial charge in [0.2, 0.25) is 0 Å². The number of piperidine rings is 1. The van der Waals surface area contributed by atoms with Gasteiger partial charge in [-0.25, -0.2) is 4.79 Å². The van der Waals surface area contributed by atoms with Crippen molar-refractivity contribution in [2.45, 2.75) is 85.2 Å². The summed E-state index contributed by atoms with van der Waals surface area (Å²) in [5, 5.41) is 10.2. The minimum atomic E-state index is -0.391. The van der Waals surface area contributed by atoms with E-state index >= 15 is 0 Å². The van der Waals surface area contributed by atoms with Crippen LogP contribution in [0.5, 0.6) is 5.75 Å². The maximum absolute atomic E-state index is 11.4. The normalized spacial score (nSPS) is 13.5. The zero-order valence-corrected chi connectivity index (χ0v) is 23.8. The van der Waals surface area contributed by atoms with Crippen LogP contribution < -0.4 is 10.1 Å². The standard InChI is InChI=1S/C17H28N2O.C10H21NO2.CH4O/c1-3-15-14-16(8-9-17(15)18-2)20-13-7-12-19-10-5-4-6-11-19;1-6-7-8-11(5)9(12)13-10(2,3)4;1-2/h8-9,14,18H,3-7,10-13H2,1-2H3;6-8H2,1-5H3;2H,1H3. The van der Waals surface area contributed by atoms with Crippen molar-refractivity contribution in [3.63, 3.8) is 0 Å². The highest BCUT2D eigenvalue weighted by Crippen LogP contribution is 2.22. The molecule has 0 radical (unpaired) electrons. The van der Waals surface area contributed by atoms with E-state index < -0.39 is 5.60 Å². The van der Waals surface area contributed by atoms with Crippen LogP contribution in [0.15, 0.2) is 18.2 Å². The fraction of sp³-hybridized carbons (Fsp3) is 0.750. The number of aryl methyl sites for hydroxylation is 1. The van der Waals surface area contributed by atoms with E-state index in [9.17, 15) is 4.79 Å². The number of nitrogens with zero attached hydrogens (tertiary/aromatic N) is 2. The molecule has 7 heteroatoms. The topological polar surface area (TPSA) is 74.3 Å². The van der Waals surface area contributed by atoms with Crippen LogP contribution in [-0.4, -0.2) is 80.6 Å². The Morgan fingerprint density at radius 3 is 2.31 bits per heavy atom. The second kappa shape index (κ2) is 19.2. The van der Waals surface area contributed by atoms with Crippen molar-refractivity contribution >= 4 is 11.8 Å². The summed E-state index contributed by atoms with van der Waals surface area (Å²) in [6.07, 6.45) is 8.17. The van der Waals surface area contributed by atoms with Crippen LogP contribution in [0.25, 0.3) is 0 Å². The van der Waals surface area contributed by atoms with E-state index in [1.807, 2.05) is 27.8 Å². The Balaban J connectivity index is 0.000000672. The Bertz CT molecular complexity index is 671.